The van der Waals surface area contributed by atoms with E-state index in [9.17, 15) is 4.79 Å². The molecular formula is C20H20N6O2. The lowest BCUT2D eigenvalue weighted by molar-refractivity contribution is 0.114. The standard InChI is InChI=1S/C20H20N6O2/c27-20(25-9-4-1-5-10-25)28-24-18-12-15(19-21-8-11-26(19)23-18)16-13-22-17-7-3-2-6-14(16)17/h2-3,6-8,11-13,22H,1,4-5,9-10H2,(H,23,24). The topological polar surface area (TPSA) is 87.5 Å². The highest BCUT2D eigenvalue weighted by Gasteiger charge is 2.19. The van der Waals surface area contributed by atoms with Gasteiger partial charge in [0.05, 0.1) is 0 Å². The first-order valence-corrected chi connectivity index (χ1v) is 9.42. The SMILES string of the molecule is O=C(ONc1cc(-c2c[nH]c3ccccc23)c2nccn2n1)N1CCCCC1. The van der Waals surface area contributed by atoms with Crippen LogP contribution in [0.4, 0.5) is 10.6 Å². The fraction of sp³-hybridized carbons (Fsp3) is 0.250. The molecule has 8 heteroatoms. The molecule has 1 aromatic carbocycles. The van der Waals surface area contributed by atoms with Crippen molar-refractivity contribution in [2.24, 2.45) is 0 Å². The molecule has 8 nitrogen and oxygen atoms in total. The second-order valence-corrected chi connectivity index (χ2v) is 6.90. The second-order valence-electron chi connectivity index (χ2n) is 6.90. The first kappa shape index (κ1) is 16.6. The van der Waals surface area contributed by atoms with Crippen molar-refractivity contribution in [1.29, 1.82) is 0 Å². The number of aromatic nitrogens is 4. The number of imidazole rings is 1. The van der Waals surface area contributed by atoms with Gasteiger partial charge in [0, 0.05) is 53.7 Å². The van der Waals surface area contributed by atoms with Crippen LogP contribution < -0.4 is 5.48 Å². The van der Waals surface area contributed by atoms with Crippen LogP contribution in [0.3, 0.4) is 0 Å². The van der Waals surface area contributed by atoms with Crippen molar-refractivity contribution in [2.75, 3.05) is 18.6 Å². The zero-order chi connectivity index (χ0) is 18.9. The molecule has 1 fully saturated rings. The number of benzene rings is 1. The fourth-order valence-corrected chi connectivity index (χ4v) is 3.70. The van der Waals surface area contributed by atoms with Crippen LogP contribution in [0.25, 0.3) is 27.7 Å². The summed E-state index contributed by atoms with van der Waals surface area (Å²) < 4.78 is 1.67. The Morgan fingerprint density at radius 2 is 2.00 bits per heavy atom. The lowest BCUT2D eigenvalue weighted by Crippen LogP contribution is -2.37. The summed E-state index contributed by atoms with van der Waals surface area (Å²) in [5.74, 6) is 0.441. The largest absolute Gasteiger partial charge is 0.434 e. The zero-order valence-corrected chi connectivity index (χ0v) is 15.3. The molecule has 0 bridgehead atoms. The number of carbonyl (C=O) groups excluding carboxylic acids is 1. The molecule has 1 saturated heterocycles. The van der Waals surface area contributed by atoms with Gasteiger partial charge in [0.25, 0.3) is 0 Å². The maximum atomic E-state index is 12.3. The molecule has 4 heterocycles. The number of rotatable bonds is 3. The van der Waals surface area contributed by atoms with Crippen molar-refractivity contribution in [3.8, 4) is 11.1 Å². The number of likely N-dealkylation sites (tertiary alicyclic amines) is 1. The summed E-state index contributed by atoms with van der Waals surface area (Å²) in [6.45, 7) is 1.46. The Balaban J connectivity index is 1.47. The zero-order valence-electron chi connectivity index (χ0n) is 15.3. The van der Waals surface area contributed by atoms with Crippen molar-refractivity contribution in [3.05, 3.63) is 48.9 Å². The van der Waals surface area contributed by atoms with Crippen LogP contribution in [-0.4, -0.2) is 43.7 Å². The number of piperidine rings is 1. The number of anilines is 1. The van der Waals surface area contributed by atoms with Gasteiger partial charge in [-0.1, -0.05) is 18.2 Å². The molecule has 1 aliphatic rings. The third kappa shape index (κ3) is 2.92. The summed E-state index contributed by atoms with van der Waals surface area (Å²) in [6.07, 6.45) is 8.23. The van der Waals surface area contributed by atoms with E-state index in [1.165, 1.54) is 0 Å². The average molecular weight is 376 g/mol. The minimum absolute atomic E-state index is 0.374. The van der Waals surface area contributed by atoms with E-state index >= 15 is 0 Å². The van der Waals surface area contributed by atoms with Gasteiger partial charge in [-0.05, 0) is 31.4 Å². The van der Waals surface area contributed by atoms with Crippen LogP contribution in [0.2, 0.25) is 0 Å². The summed E-state index contributed by atoms with van der Waals surface area (Å²) in [7, 11) is 0. The molecule has 0 unspecified atom stereocenters. The van der Waals surface area contributed by atoms with E-state index in [0.29, 0.717) is 5.82 Å². The van der Waals surface area contributed by atoms with Gasteiger partial charge in [-0.3, -0.25) is 0 Å². The van der Waals surface area contributed by atoms with E-state index in [0.717, 1.165) is 60.0 Å². The van der Waals surface area contributed by atoms with Gasteiger partial charge < -0.3 is 14.7 Å². The lowest BCUT2D eigenvalue weighted by Gasteiger charge is -2.25. The molecule has 3 aromatic heterocycles. The molecule has 142 valence electrons. The number of amides is 1. The smallest absolute Gasteiger partial charge is 0.361 e. The molecule has 1 amide bonds. The molecule has 0 saturated carbocycles. The molecule has 28 heavy (non-hydrogen) atoms. The summed E-state index contributed by atoms with van der Waals surface area (Å²) in [5.41, 5.74) is 6.40. The number of para-hydroxylation sites is 1. The fourth-order valence-electron chi connectivity index (χ4n) is 3.70. The van der Waals surface area contributed by atoms with E-state index in [1.54, 1.807) is 21.8 Å². The highest BCUT2D eigenvalue weighted by molar-refractivity contribution is 5.99. The van der Waals surface area contributed by atoms with Gasteiger partial charge >= 0.3 is 6.09 Å². The lowest BCUT2D eigenvalue weighted by atomic mass is 10.1. The van der Waals surface area contributed by atoms with Gasteiger partial charge in [0.1, 0.15) is 0 Å². The molecule has 5 rings (SSSR count). The molecular weight excluding hydrogens is 356 g/mol. The predicted octanol–water partition coefficient (Wildman–Crippen LogP) is 3.83. The number of hydrogen-bond acceptors (Lipinski definition) is 5. The van der Waals surface area contributed by atoms with Crippen LogP contribution in [0.1, 0.15) is 19.3 Å². The first-order valence-electron chi connectivity index (χ1n) is 9.42. The Bertz CT molecular complexity index is 1140. The second kappa shape index (κ2) is 6.88. The average Bonchev–Trinajstić information content (AvgIpc) is 3.39. The summed E-state index contributed by atoms with van der Waals surface area (Å²) in [5, 5.41) is 5.53. The van der Waals surface area contributed by atoms with Crippen molar-refractivity contribution >= 4 is 28.5 Å². The van der Waals surface area contributed by atoms with Crippen LogP contribution in [0, 0.1) is 0 Å². The number of fused-ring (bicyclic) bond motifs is 2. The van der Waals surface area contributed by atoms with E-state index < -0.39 is 0 Å². The predicted molar refractivity (Wildman–Crippen MR) is 106 cm³/mol. The van der Waals surface area contributed by atoms with Crippen LogP contribution in [0.15, 0.2) is 48.9 Å². The van der Waals surface area contributed by atoms with E-state index in [1.807, 2.05) is 30.5 Å². The highest BCUT2D eigenvalue weighted by atomic mass is 16.7. The van der Waals surface area contributed by atoms with Gasteiger partial charge in [0.15, 0.2) is 11.5 Å². The summed E-state index contributed by atoms with van der Waals surface area (Å²) in [6, 6.07) is 9.94. The Kier molecular flexibility index (Phi) is 4.08. The Hall–Kier alpha value is -3.55. The first-order chi connectivity index (χ1) is 13.8. The normalized spacial score (nSPS) is 14.5. The van der Waals surface area contributed by atoms with Gasteiger partial charge in [0.2, 0.25) is 0 Å². The molecule has 0 atom stereocenters. The number of carbonyl (C=O) groups is 1. The maximum Gasteiger partial charge on any atom is 0.434 e. The number of nitrogens with one attached hydrogen (secondary N) is 2. The van der Waals surface area contributed by atoms with E-state index in [4.69, 9.17) is 4.84 Å². The number of hydrogen-bond donors (Lipinski definition) is 2. The maximum absolute atomic E-state index is 12.3. The monoisotopic (exact) mass is 376 g/mol. The number of aromatic amines is 1. The molecule has 0 radical (unpaired) electrons. The summed E-state index contributed by atoms with van der Waals surface area (Å²) in [4.78, 5) is 27.0. The quantitative estimate of drug-likeness (QED) is 0.531. The van der Waals surface area contributed by atoms with Gasteiger partial charge in [-0.25, -0.2) is 14.3 Å². The summed E-state index contributed by atoms with van der Waals surface area (Å²) >= 11 is 0. The van der Waals surface area contributed by atoms with Gasteiger partial charge in [-0.15, -0.1) is 5.10 Å². The molecule has 0 aliphatic carbocycles. The number of H-pyrrole nitrogens is 1. The minimum atomic E-state index is -0.374. The Morgan fingerprint density at radius 3 is 2.89 bits per heavy atom. The third-order valence-electron chi connectivity index (χ3n) is 5.10. The highest BCUT2D eigenvalue weighted by Crippen LogP contribution is 2.32. The molecule has 4 aromatic rings. The Morgan fingerprint density at radius 1 is 1.14 bits per heavy atom. The molecule has 1 aliphatic heterocycles. The van der Waals surface area contributed by atoms with Gasteiger partial charge in [-0.2, -0.15) is 5.48 Å². The van der Waals surface area contributed by atoms with Crippen molar-refractivity contribution in [1.82, 2.24) is 24.5 Å². The van der Waals surface area contributed by atoms with Crippen LogP contribution >= 0.6 is 0 Å². The van der Waals surface area contributed by atoms with Crippen LogP contribution in [-0.2, 0) is 4.84 Å². The molecule has 2 N–H and O–H groups in total. The van der Waals surface area contributed by atoms with Crippen molar-refractivity contribution < 1.29 is 9.63 Å². The molecule has 0 spiro atoms. The van der Waals surface area contributed by atoms with E-state index in [2.05, 4.69) is 26.6 Å². The van der Waals surface area contributed by atoms with Crippen molar-refractivity contribution in [2.45, 2.75) is 19.3 Å². The minimum Gasteiger partial charge on any atom is -0.361 e. The van der Waals surface area contributed by atoms with Crippen molar-refractivity contribution in [3.63, 3.8) is 0 Å². The number of nitrogens with zero attached hydrogens (tertiary/aromatic N) is 4. The van der Waals surface area contributed by atoms with E-state index in [-0.39, 0.29) is 6.09 Å². The Labute approximate surface area is 161 Å². The van der Waals surface area contributed by atoms with Crippen LogP contribution in [0.5, 0.6) is 0 Å². The third-order valence-corrected chi connectivity index (χ3v) is 5.10.